The van der Waals surface area contributed by atoms with E-state index in [0.717, 1.165) is 17.1 Å². The van der Waals surface area contributed by atoms with E-state index in [-0.39, 0.29) is 11.9 Å². The molecule has 0 N–H and O–H groups in total. The smallest absolute Gasteiger partial charge is 0.253 e. The van der Waals surface area contributed by atoms with Crippen LogP contribution in [0.1, 0.15) is 33.3 Å². The number of hydrogen-bond acceptors (Lipinski definition) is 3. The van der Waals surface area contributed by atoms with Gasteiger partial charge >= 0.3 is 0 Å². The number of amides is 1. The molecule has 4 nitrogen and oxygen atoms in total. The molecule has 1 amide bonds. The maximum Gasteiger partial charge on any atom is 0.253 e. The maximum absolute atomic E-state index is 12.6. The van der Waals surface area contributed by atoms with Crippen molar-refractivity contribution < 1.29 is 14.3 Å². The van der Waals surface area contributed by atoms with Crippen LogP contribution in [0.2, 0.25) is 0 Å². The van der Waals surface area contributed by atoms with Gasteiger partial charge in [-0.3, -0.25) is 4.79 Å². The number of carbonyl (C=O) groups excluding carboxylic acids is 1. The topological polar surface area (TPSA) is 38.8 Å². The lowest BCUT2D eigenvalue weighted by Gasteiger charge is -2.30. The van der Waals surface area contributed by atoms with Crippen molar-refractivity contribution in [1.82, 2.24) is 4.90 Å². The Kier molecular flexibility index (Phi) is 5.11. The summed E-state index contributed by atoms with van der Waals surface area (Å²) in [6, 6.07) is 5.87. The molecule has 0 bridgehead atoms. The minimum Gasteiger partial charge on any atom is -0.494 e. The van der Waals surface area contributed by atoms with E-state index in [2.05, 4.69) is 20.8 Å². The van der Waals surface area contributed by atoms with Gasteiger partial charge in [0, 0.05) is 18.7 Å². The fourth-order valence-electron chi connectivity index (χ4n) is 2.39. The van der Waals surface area contributed by atoms with Gasteiger partial charge in [-0.15, -0.1) is 0 Å². The molecule has 0 radical (unpaired) electrons. The molecule has 0 unspecified atom stereocenters. The largest absolute Gasteiger partial charge is 0.494 e. The monoisotopic (exact) mass is 303 g/mol. The van der Waals surface area contributed by atoms with Crippen molar-refractivity contribution in [2.45, 2.75) is 33.7 Å². The number of nitrogens with zero attached hydrogens (tertiary/aromatic N) is 1. The van der Waals surface area contributed by atoms with Crippen LogP contribution in [0.3, 0.4) is 0 Å². The first kappa shape index (κ1) is 16.4. The van der Waals surface area contributed by atoms with Crippen LogP contribution in [0.4, 0.5) is 0 Å². The third-order valence-corrected chi connectivity index (χ3v) is 4.18. The molecular formula is C18H25NO3. The zero-order valence-corrected chi connectivity index (χ0v) is 14.1. The van der Waals surface area contributed by atoms with E-state index in [4.69, 9.17) is 9.47 Å². The Bertz CT molecular complexity index is 578. The van der Waals surface area contributed by atoms with E-state index in [1.165, 1.54) is 0 Å². The molecule has 1 aromatic carbocycles. The van der Waals surface area contributed by atoms with Crippen LogP contribution in [0, 0.1) is 5.92 Å². The van der Waals surface area contributed by atoms with Crippen LogP contribution in [0.5, 0.6) is 11.5 Å². The Morgan fingerprint density at radius 1 is 1.36 bits per heavy atom. The Morgan fingerprint density at radius 3 is 2.73 bits per heavy atom. The van der Waals surface area contributed by atoms with E-state index >= 15 is 0 Å². The number of likely N-dealkylation sites (N-methyl/N-ethyl adjacent to an activating group) is 1. The Labute approximate surface area is 132 Å². The van der Waals surface area contributed by atoms with Crippen molar-refractivity contribution >= 4 is 12.0 Å². The maximum atomic E-state index is 12.6. The van der Waals surface area contributed by atoms with Gasteiger partial charge in [0.25, 0.3) is 5.91 Å². The quantitative estimate of drug-likeness (QED) is 0.837. The van der Waals surface area contributed by atoms with E-state index < -0.39 is 0 Å². The molecule has 0 spiro atoms. The van der Waals surface area contributed by atoms with Crippen molar-refractivity contribution in [2.24, 2.45) is 5.92 Å². The van der Waals surface area contributed by atoms with E-state index in [1.54, 1.807) is 4.90 Å². The standard InChI is InChI=1S/C18H25NO3/c1-6-21-16-7-8-17-14(10-16)9-15(11-22-17)18(20)19(5)13(4)12(2)3/h7-10,12-13H,6,11H2,1-5H3/t13-/m0/s1. The van der Waals surface area contributed by atoms with Gasteiger partial charge in [-0.2, -0.15) is 0 Å². The lowest BCUT2D eigenvalue weighted by Crippen LogP contribution is -2.40. The number of rotatable bonds is 5. The Morgan fingerprint density at radius 2 is 2.09 bits per heavy atom. The first-order chi connectivity index (χ1) is 10.4. The number of benzene rings is 1. The summed E-state index contributed by atoms with van der Waals surface area (Å²) in [5, 5.41) is 0. The summed E-state index contributed by atoms with van der Waals surface area (Å²) in [5.74, 6) is 2.02. The SMILES string of the molecule is CCOc1ccc2c(c1)C=C(C(=O)N(C)[C@@H](C)C(C)C)CO2. The van der Waals surface area contributed by atoms with Gasteiger partial charge in [0.2, 0.25) is 0 Å². The van der Waals surface area contributed by atoms with Gasteiger partial charge in [0.1, 0.15) is 18.1 Å². The molecule has 1 aliphatic heterocycles. The molecule has 2 rings (SSSR count). The summed E-state index contributed by atoms with van der Waals surface area (Å²) in [6.07, 6.45) is 1.91. The van der Waals surface area contributed by atoms with Gasteiger partial charge in [-0.05, 0) is 44.0 Å². The zero-order chi connectivity index (χ0) is 16.3. The number of fused-ring (bicyclic) bond motifs is 1. The first-order valence-electron chi connectivity index (χ1n) is 7.81. The minimum atomic E-state index is 0.0219. The van der Waals surface area contributed by atoms with Gasteiger partial charge in [0.15, 0.2) is 0 Å². The van der Waals surface area contributed by atoms with E-state index in [0.29, 0.717) is 24.7 Å². The molecule has 120 valence electrons. The molecule has 1 aliphatic rings. The fraction of sp³-hybridized carbons (Fsp3) is 0.500. The van der Waals surface area contributed by atoms with Crippen molar-refractivity contribution in [2.75, 3.05) is 20.3 Å². The highest BCUT2D eigenvalue weighted by Gasteiger charge is 2.24. The summed E-state index contributed by atoms with van der Waals surface area (Å²) in [7, 11) is 1.85. The predicted octanol–water partition coefficient (Wildman–Crippen LogP) is 3.36. The summed E-state index contributed by atoms with van der Waals surface area (Å²) >= 11 is 0. The zero-order valence-electron chi connectivity index (χ0n) is 14.1. The lowest BCUT2D eigenvalue weighted by atomic mass is 10.0. The number of ether oxygens (including phenoxy) is 2. The average molecular weight is 303 g/mol. The van der Waals surface area contributed by atoms with Crippen LogP contribution >= 0.6 is 0 Å². The normalized spacial score (nSPS) is 14.7. The van der Waals surface area contributed by atoms with Gasteiger partial charge < -0.3 is 14.4 Å². The third kappa shape index (κ3) is 3.43. The molecule has 1 heterocycles. The van der Waals surface area contributed by atoms with E-state index in [1.807, 2.05) is 38.2 Å². The predicted molar refractivity (Wildman–Crippen MR) is 88.2 cm³/mol. The van der Waals surface area contributed by atoms with Gasteiger partial charge in [0.05, 0.1) is 12.2 Å². The lowest BCUT2D eigenvalue weighted by molar-refractivity contribution is -0.128. The summed E-state index contributed by atoms with van der Waals surface area (Å²) < 4.78 is 11.2. The molecule has 1 atom stereocenters. The highest BCUT2D eigenvalue weighted by molar-refractivity contribution is 5.99. The average Bonchev–Trinajstić information content (AvgIpc) is 2.52. The molecule has 4 heteroatoms. The molecule has 1 aromatic rings. The Hall–Kier alpha value is -1.97. The van der Waals surface area contributed by atoms with E-state index in [9.17, 15) is 4.79 Å². The second-order valence-electron chi connectivity index (χ2n) is 5.99. The number of carbonyl (C=O) groups is 1. The molecule has 0 aromatic heterocycles. The van der Waals surface area contributed by atoms with Crippen LogP contribution < -0.4 is 9.47 Å². The summed E-state index contributed by atoms with van der Waals surface area (Å²) in [5.41, 5.74) is 1.57. The Balaban J connectivity index is 2.23. The second kappa shape index (κ2) is 6.86. The summed E-state index contributed by atoms with van der Waals surface area (Å²) in [6.45, 7) is 9.17. The van der Waals surface area contributed by atoms with Crippen LogP contribution in [-0.4, -0.2) is 37.1 Å². The fourth-order valence-corrected chi connectivity index (χ4v) is 2.39. The molecule has 0 saturated carbocycles. The summed E-state index contributed by atoms with van der Waals surface area (Å²) in [4.78, 5) is 14.4. The molecule has 0 saturated heterocycles. The van der Waals surface area contributed by atoms with Crippen LogP contribution in [0.25, 0.3) is 6.08 Å². The van der Waals surface area contributed by atoms with Gasteiger partial charge in [-0.25, -0.2) is 0 Å². The second-order valence-corrected chi connectivity index (χ2v) is 5.99. The minimum absolute atomic E-state index is 0.0219. The third-order valence-electron chi connectivity index (χ3n) is 4.18. The van der Waals surface area contributed by atoms with Crippen molar-refractivity contribution in [1.29, 1.82) is 0 Å². The van der Waals surface area contributed by atoms with Gasteiger partial charge in [-0.1, -0.05) is 13.8 Å². The number of hydrogen-bond donors (Lipinski definition) is 0. The van der Waals surface area contributed by atoms with Crippen LogP contribution in [-0.2, 0) is 4.79 Å². The molecule has 22 heavy (non-hydrogen) atoms. The highest BCUT2D eigenvalue weighted by Crippen LogP contribution is 2.30. The molecule has 0 aliphatic carbocycles. The van der Waals surface area contributed by atoms with Crippen LogP contribution in [0.15, 0.2) is 23.8 Å². The van der Waals surface area contributed by atoms with Crippen molar-refractivity contribution in [3.8, 4) is 11.5 Å². The highest BCUT2D eigenvalue weighted by atomic mass is 16.5. The molecule has 0 fully saturated rings. The first-order valence-corrected chi connectivity index (χ1v) is 7.81. The molecular weight excluding hydrogens is 278 g/mol. The van der Waals surface area contributed by atoms with Crippen molar-refractivity contribution in [3.05, 3.63) is 29.3 Å². The van der Waals surface area contributed by atoms with Crippen molar-refractivity contribution in [3.63, 3.8) is 0 Å².